The van der Waals surface area contributed by atoms with Gasteiger partial charge >= 0.3 is 0 Å². The summed E-state index contributed by atoms with van der Waals surface area (Å²) in [5.41, 5.74) is 9.22. The second-order valence-corrected chi connectivity index (χ2v) is 7.88. The molecule has 0 amide bonds. The molecule has 178 valence electrons. The molecule has 5 heteroatoms. The molecule has 0 aliphatic carbocycles. The maximum absolute atomic E-state index is 4.94. The van der Waals surface area contributed by atoms with E-state index in [2.05, 4.69) is 60.1 Å². The largest absolute Gasteiger partial charge is 0.359 e. The van der Waals surface area contributed by atoms with Crippen LogP contribution < -0.4 is 5.32 Å². The molecular formula is C29H37N5. The van der Waals surface area contributed by atoms with Crippen LogP contribution >= 0.6 is 0 Å². The highest BCUT2D eigenvalue weighted by Gasteiger charge is 2.14. The van der Waals surface area contributed by atoms with E-state index in [0.717, 1.165) is 56.3 Å². The van der Waals surface area contributed by atoms with E-state index in [4.69, 9.17) is 4.98 Å². The van der Waals surface area contributed by atoms with E-state index in [1.807, 2.05) is 64.1 Å². The first kappa shape index (κ1) is 26.4. The van der Waals surface area contributed by atoms with Crippen LogP contribution in [0, 0.1) is 12.8 Å². The van der Waals surface area contributed by atoms with Crippen molar-refractivity contribution in [2.24, 2.45) is 5.92 Å². The fraction of sp³-hybridized carbons (Fsp3) is 0.241. The molecule has 0 aliphatic heterocycles. The van der Waals surface area contributed by atoms with Gasteiger partial charge in [-0.3, -0.25) is 5.10 Å². The smallest absolute Gasteiger partial charge is 0.135 e. The number of hydrogen-bond donors (Lipinski definition) is 3. The van der Waals surface area contributed by atoms with Crippen molar-refractivity contribution in [3.63, 3.8) is 0 Å². The molecule has 0 fully saturated rings. The van der Waals surface area contributed by atoms with Gasteiger partial charge in [-0.25, -0.2) is 4.98 Å². The molecular weight excluding hydrogens is 418 g/mol. The Hall–Kier alpha value is -3.86. The van der Waals surface area contributed by atoms with Crippen LogP contribution in [0.5, 0.6) is 0 Å². The lowest BCUT2D eigenvalue weighted by Gasteiger charge is -2.14. The lowest BCUT2D eigenvalue weighted by Crippen LogP contribution is -2.14. The van der Waals surface area contributed by atoms with E-state index in [-0.39, 0.29) is 0 Å². The van der Waals surface area contributed by atoms with Crippen molar-refractivity contribution >= 4 is 22.7 Å². The molecule has 0 atom stereocenters. The summed E-state index contributed by atoms with van der Waals surface area (Å²) in [6.07, 6.45) is 11.6. The molecule has 0 aromatic carbocycles. The van der Waals surface area contributed by atoms with E-state index in [9.17, 15) is 0 Å². The standard InChI is InChI=1S/C27H31N5.C2H6/c1-8-11-12-21-16-25(29-19(21)7)27-26-24(31-32-27)14-13-23(30-26)20(9-2)15-22(10-3)28-18(6)17(4)5;1-2/h8-17,28-29H,1,3,6H2,2,4-5,7H3,(H,31,32);1-2H3/b12-11-,20-9+,22-15+;. The van der Waals surface area contributed by atoms with Crippen molar-refractivity contribution in [2.45, 2.75) is 41.5 Å². The summed E-state index contributed by atoms with van der Waals surface area (Å²) in [6, 6.07) is 6.08. The fourth-order valence-electron chi connectivity index (χ4n) is 3.24. The van der Waals surface area contributed by atoms with Gasteiger partial charge in [0.05, 0.1) is 16.9 Å². The van der Waals surface area contributed by atoms with Gasteiger partial charge < -0.3 is 10.3 Å². The Labute approximate surface area is 203 Å². The topological polar surface area (TPSA) is 69.4 Å². The Balaban J connectivity index is 0.00000199. The molecule has 3 aromatic heterocycles. The Bertz CT molecular complexity index is 1240. The fourth-order valence-corrected chi connectivity index (χ4v) is 3.24. The second kappa shape index (κ2) is 12.4. The summed E-state index contributed by atoms with van der Waals surface area (Å²) in [5.74, 6) is 0.325. The molecule has 0 saturated carbocycles. The van der Waals surface area contributed by atoms with Gasteiger partial charge in [0.15, 0.2) is 0 Å². The molecule has 0 aliphatic rings. The average Bonchev–Trinajstić information content (AvgIpc) is 3.43. The number of aromatic nitrogens is 4. The van der Waals surface area contributed by atoms with Gasteiger partial charge in [-0.2, -0.15) is 5.10 Å². The number of allylic oxidation sites excluding steroid dienone is 7. The number of rotatable bonds is 9. The van der Waals surface area contributed by atoms with Crippen LogP contribution in [-0.2, 0) is 0 Å². The molecule has 0 spiro atoms. The maximum atomic E-state index is 4.94. The van der Waals surface area contributed by atoms with Gasteiger partial charge in [0.2, 0.25) is 0 Å². The van der Waals surface area contributed by atoms with Crippen molar-refractivity contribution < 1.29 is 0 Å². The van der Waals surface area contributed by atoms with Gasteiger partial charge in [-0.1, -0.05) is 71.7 Å². The third-order valence-electron chi connectivity index (χ3n) is 5.27. The summed E-state index contributed by atoms with van der Waals surface area (Å²) >= 11 is 0. The summed E-state index contributed by atoms with van der Waals surface area (Å²) in [7, 11) is 0. The normalized spacial score (nSPS) is 12.1. The number of H-pyrrole nitrogens is 2. The van der Waals surface area contributed by atoms with Crippen LogP contribution in [-0.4, -0.2) is 20.2 Å². The predicted molar refractivity (Wildman–Crippen MR) is 148 cm³/mol. The summed E-state index contributed by atoms with van der Waals surface area (Å²) in [6.45, 7) is 24.0. The van der Waals surface area contributed by atoms with Crippen LogP contribution in [0.1, 0.15) is 51.6 Å². The van der Waals surface area contributed by atoms with Crippen LogP contribution in [0.25, 0.3) is 34.1 Å². The third-order valence-corrected chi connectivity index (χ3v) is 5.27. The molecule has 5 nitrogen and oxygen atoms in total. The summed E-state index contributed by atoms with van der Waals surface area (Å²) in [5, 5.41) is 11.0. The first-order valence-electron chi connectivity index (χ1n) is 11.7. The molecule has 0 radical (unpaired) electrons. The Morgan fingerprint density at radius 1 is 1.18 bits per heavy atom. The molecule has 34 heavy (non-hydrogen) atoms. The highest BCUT2D eigenvalue weighted by atomic mass is 15.1. The minimum Gasteiger partial charge on any atom is -0.359 e. The Morgan fingerprint density at radius 2 is 1.91 bits per heavy atom. The number of nitrogens with zero attached hydrogens (tertiary/aromatic N) is 2. The zero-order valence-corrected chi connectivity index (χ0v) is 21.3. The number of aromatic amines is 2. The monoisotopic (exact) mass is 455 g/mol. The highest BCUT2D eigenvalue weighted by molar-refractivity contribution is 5.91. The van der Waals surface area contributed by atoms with E-state index < -0.39 is 0 Å². The predicted octanol–water partition coefficient (Wildman–Crippen LogP) is 7.72. The first-order valence-corrected chi connectivity index (χ1v) is 11.7. The number of aryl methyl sites for hydroxylation is 1. The Kier molecular flexibility index (Phi) is 9.62. The van der Waals surface area contributed by atoms with Crippen molar-refractivity contribution in [2.75, 3.05) is 0 Å². The molecule has 0 bridgehead atoms. The summed E-state index contributed by atoms with van der Waals surface area (Å²) in [4.78, 5) is 8.36. The molecule has 3 aromatic rings. The van der Waals surface area contributed by atoms with Crippen LogP contribution in [0.15, 0.2) is 79.7 Å². The third kappa shape index (κ3) is 6.13. The summed E-state index contributed by atoms with van der Waals surface area (Å²) < 4.78 is 0. The van der Waals surface area contributed by atoms with Gasteiger partial charge in [0, 0.05) is 17.1 Å². The molecule has 3 rings (SSSR count). The lowest BCUT2D eigenvalue weighted by molar-refractivity contribution is 0.710. The minimum atomic E-state index is 0.325. The van der Waals surface area contributed by atoms with E-state index >= 15 is 0 Å². The molecule has 3 N–H and O–H groups in total. The average molecular weight is 456 g/mol. The molecule has 3 heterocycles. The van der Waals surface area contributed by atoms with E-state index in [0.29, 0.717) is 5.92 Å². The molecule has 0 unspecified atom stereocenters. The van der Waals surface area contributed by atoms with Crippen molar-refractivity contribution in [3.8, 4) is 11.4 Å². The highest BCUT2D eigenvalue weighted by Crippen LogP contribution is 2.28. The van der Waals surface area contributed by atoms with Crippen LogP contribution in [0.2, 0.25) is 0 Å². The van der Waals surface area contributed by atoms with Crippen molar-refractivity contribution in [1.82, 2.24) is 25.5 Å². The van der Waals surface area contributed by atoms with Crippen LogP contribution in [0.4, 0.5) is 0 Å². The van der Waals surface area contributed by atoms with Crippen molar-refractivity contribution in [1.29, 1.82) is 0 Å². The molecule has 0 saturated heterocycles. The first-order chi connectivity index (χ1) is 16.4. The van der Waals surface area contributed by atoms with E-state index in [1.165, 1.54) is 0 Å². The van der Waals surface area contributed by atoms with Gasteiger partial charge in [0.25, 0.3) is 0 Å². The van der Waals surface area contributed by atoms with E-state index in [1.54, 1.807) is 12.2 Å². The van der Waals surface area contributed by atoms with Gasteiger partial charge in [-0.15, -0.1) is 0 Å². The Morgan fingerprint density at radius 3 is 2.53 bits per heavy atom. The van der Waals surface area contributed by atoms with Crippen molar-refractivity contribution in [3.05, 3.63) is 96.7 Å². The second-order valence-electron chi connectivity index (χ2n) is 7.88. The minimum absolute atomic E-state index is 0.325. The SMILES string of the molecule is C=C/C=C\c1cc(-c2n[nH]c3ccc(C(/C=C(\C=C)NC(=C)C(C)C)=C/C)nc23)[nH]c1C.CC. The zero-order valence-electron chi connectivity index (χ0n) is 21.3. The zero-order chi connectivity index (χ0) is 25.3. The maximum Gasteiger partial charge on any atom is 0.135 e. The lowest BCUT2D eigenvalue weighted by atomic mass is 10.1. The van der Waals surface area contributed by atoms with Gasteiger partial charge in [0.1, 0.15) is 11.2 Å². The van der Waals surface area contributed by atoms with Gasteiger partial charge in [-0.05, 0) is 61.3 Å². The number of fused-ring (bicyclic) bond motifs is 1. The number of pyridine rings is 1. The quantitative estimate of drug-likeness (QED) is 0.289. The number of hydrogen-bond acceptors (Lipinski definition) is 3. The van der Waals surface area contributed by atoms with Crippen LogP contribution in [0.3, 0.4) is 0 Å². The number of nitrogens with one attached hydrogen (secondary N) is 3.